The molecule has 3 nitrogen and oxygen atoms in total. The Kier molecular flexibility index (Phi) is 9.01. The Balaban J connectivity index is 0.000000829. The van der Waals surface area contributed by atoms with Gasteiger partial charge in [0.15, 0.2) is 0 Å². The summed E-state index contributed by atoms with van der Waals surface area (Å²) in [5.41, 5.74) is 4.36. The Bertz CT molecular complexity index is 563. The van der Waals surface area contributed by atoms with E-state index < -0.39 is 0 Å². The molecule has 3 heteroatoms. The largest absolute Gasteiger partial charge is 0.342 e. The maximum absolute atomic E-state index is 4.42. The summed E-state index contributed by atoms with van der Waals surface area (Å²) in [6, 6.07) is 4.02. The van der Waals surface area contributed by atoms with Crippen LogP contribution in [-0.2, 0) is 7.05 Å². The van der Waals surface area contributed by atoms with Gasteiger partial charge in [0.1, 0.15) is 0 Å². The summed E-state index contributed by atoms with van der Waals surface area (Å²) < 4.78 is 2.14. The van der Waals surface area contributed by atoms with E-state index in [-0.39, 0.29) is 0 Å². The molecule has 2 aromatic heterocycles. The van der Waals surface area contributed by atoms with Gasteiger partial charge in [0.05, 0.1) is 16.7 Å². The molecule has 2 aromatic rings. The van der Waals surface area contributed by atoms with Crippen LogP contribution >= 0.6 is 0 Å². The van der Waals surface area contributed by atoms with E-state index in [4.69, 9.17) is 0 Å². The molecule has 0 unspecified atom stereocenters. The van der Waals surface area contributed by atoms with Gasteiger partial charge >= 0.3 is 0 Å². The molecule has 0 aliphatic rings. The normalized spacial score (nSPS) is 10.3. The Morgan fingerprint density at radius 3 is 2.40 bits per heavy atom. The lowest BCUT2D eigenvalue weighted by molar-refractivity contribution is 0.952. The number of nitrogens with zero attached hydrogens (tertiary/aromatic N) is 3. The second-order valence-electron chi connectivity index (χ2n) is 3.62. The first-order chi connectivity index (χ1) is 9.79. The third-order valence-electron chi connectivity index (χ3n) is 2.62. The first kappa shape index (κ1) is 18.1. The van der Waals surface area contributed by atoms with Crippen molar-refractivity contribution in [2.45, 2.75) is 34.6 Å². The Morgan fingerprint density at radius 2 is 1.85 bits per heavy atom. The summed E-state index contributed by atoms with van der Waals surface area (Å²) >= 11 is 0. The standard InChI is InChI=1S/C13H15N3.2C2H6/c1-4-6-11-10(9-14-2)13-12(16(11)3)7-5-8-15-13;2*1-2/h4-9H,1-3H3;2*1-2H3/b6-4-,14-9?;;. The highest BCUT2D eigenvalue weighted by Gasteiger charge is 2.11. The van der Waals surface area contributed by atoms with Crippen molar-refractivity contribution in [1.29, 1.82) is 0 Å². The highest BCUT2D eigenvalue weighted by atomic mass is 15.0. The molecule has 0 radical (unpaired) electrons. The van der Waals surface area contributed by atoms with Gasteiger partial charge in [-0.15, -0.1) is 0 Å². The zero-order chi connectivity index (χ0) is 15.5. The third kappa shape index (κ3) is 3.80. The molecule has 0 aromatic carbocycles. The number of pyridine rings is 1. The monoisotopic (exact) mass is 273 g/mol. The summed E-state index contributed by atoms with van der Waals surface area (Å²) in [6.07, 6.45) is 7.79. The van der Waals surface area contributed by atoms with Crippen LogP contribution in [0.3, 0.4) is 0 Å². The second-order valence-corrected chi connectivity index (χ2v) is 3.62. The van der Waals surface area contributed by atoms with Crippen LogP contribution < -0.4 is 0 Å². The lowest BCUT2D eigenvalue weighted by Gasteiger charge is -1.98. The fraction of sp³-hybridized carbons (Fsp3) is 0.412. The second kappa shape index (κ2) is 9.96. The van der Waals surface area contributed by atoms with Crippen molar-refractivity contribution in [1.82, 2.24) is 9.55 Å². The minimum absolute atomic E-state index is 1.00. The van der Waals surface area contributed by atoms with E-state index in [0.29, 0.717) is 0 Å². The van der Waals surface area contributed by atoms with Crippen molar-refractivity contribution in [3.05, 3.63) is 35.7 Å². The Labute approximate surface area is 123 Å². The average Bonchev–Trinajstić information content (AvgIpc) is 2.78. The molecule has 2 heterocycles. The number of fused-ring (bicyclic) bond motifs is 1. The SMILES string of the molecule is C/C=C\c1c(C=NC)c2ncccc2n1C.CC.CC. The first-order valence-electron chi connectivity index (χ1n) is 7.28. The number of allylic oxidation sites excluding steroid dienone is 1. The molecule has 0 aliphatic heterocycles. The van der Waals surface area contributed by atoms with Crippen molar-refractivity contribution in [3.63, 3.8) is 0 Å². The number of aromatic nitrogens is 2. The fourth-order valence-corrected chi connectivity index (χ4v) is 1.92. The van der Waals surface area contributed by atoms with E-state index in [2.05, 4.69) is 26.7 Å². The maximum atomic E-state index is 4.42. The molecular formula is C17H27N3. The number of rotatable bonds is 2. The average molecular weight is 273 g/mol. The molecule has 0 saturated heterocycles. The zero-order valence-corrected chi connectivity index (χ0v) is 13.8. The van der Waals surface area contributed by atoms with Gasteiger partial charge in [-0.25, -0.2) is 0 Å². The lowest BCUT2D eigenvalue weighted by atomic mass is 10.2. The smallest absolute Gasteiger partial charge is 0.0974 e. The van der Waals surface area contributed by atoms with Gasteiger partial charge < -0.3 is 4.57 Å². The first-order valence-corrected chi connectivity index (χ1v) is 7.28. The minimum Gasteiger partial charge on any atom is -0.342 e. The van der Waals surface area contributed by atoms with E-state index in [0.717, 1.165) is 22.3 Å². The molecule has 0 bridgehead atoms. The predicted octanol–water partition coefficient (Wildman–Crippen LogP) is 4.71. The maximum Gasteiger partial charge on any atom is 0.0974 e. The molecule has 110 valence electrons. The van der Waals surface area contributed by atoms with Crippen molar-refractivity contribution < 1.29 is 0 Å². The molecular weight excluding hydrogens is 246 g/mol. The molecule has 0 aliphatic carbocycles. The Hall–Kier alpha value is -1.90. The number of hydrogen-bond acceptors (Lipinski definition) is 2. The van der Waals surface area contributed by atoms with Gasteiger partial charge in [-0.2, -0.15) is 0 Å². The van der Waals surface area contributed by atoms with Crippen LogP contribution in [0.15, 0.2) is 29.4 Å². The number of aliphatic imine (C=N–C) groups is 1. The van der Waals surface area contributed by atoms with Crippen LogP contribution in [-0.4, -0.2) is 22.8 Å². The summed E-state index contributed by atoms with van der Waals surface area (Å²) in [6.45, 7) is 10.0. The summed E-state index contributed by atoms with van der Waals surface area (Å²) in [5, 5.41) is 0. The molecule has 0 amide bonds. The van der Waals surface area contributed by atoms with Gasteiger partial charge in [0, 0.05) is 32.1 Å². The van der Waals surface area contributed by atoms with Gasteiger partial charge in [-0.1, -0.05) is 33.8 Å². The molecule has 0 N–H and O–H groups in total. The molecule has 0 spiro atoms. The summed E-state index contributed by atoms with van der Waals surface area (Å²) in [4.78, 5) is 8.52. The summed E-state index contributed by atoms with van der Waals surface area (Å²) in [5.74, 6) is 0. The quantitative estimate of drug-likeness (QED) is 0.729. The molecule has 0 atom stereocenters. The Morgan fingerprint density at radius 1 is 1.20 bits per heavy atom. The van der Waals surface area contributed by atoms with Gasteiger partial charge in [0.25, 0.3) is 0 Å². The zero-order valence-electron chi connectivity index (χ0n) is 13.8. The highest BCUT2D eigenvalue weighted by molar-refractivity contribution is 6.01. The van der Waals surface area contributed by atoms with E-state index in [1.807, 2.05) is 66.2 Å². The van der Waals surface area contributed by atoms with Gasteiger partial charge in [-0.05, 0) is 25.1 Å². The van der Waals surface area contributed by atoms with Crippen LogP contribution in [0.4, 0.5) is 0 Å². The molecule has 2 rings (SSSR count). The number of aryl methyl sites for hydroxylation is 1. The molecule has 0 saturated carbocycles. The van der Waals surface area contributed by atoms with Crippen molar-refractivity contribution in [3.8, 4) is 0 Å². The van der Waals surface area contributed by atoms with Crippen LogP contribution in [0.25, 0.3) is 17.1 Å². The van der Waals surface area contributed by atoms with E-state index in [9.17, 15) is 0 Å². The van der Waals surface area contributed by atoms with Crippen LogP contribution in [0, 0.1) is 0 Å². The van der Waals surface area contributed by atoms with Crippen molar-refractivity contribution >= 4 is 23.3 Å². The van der Waals surface area contributed by atoms with Crippen molar-refractivity contribution in [2.24, 2.45) is 12.0 Å². The highest BCUT2D eigenvalue weighted by Crippen LogP contribution is 2.22. The molecule has 0 fully saturated rings. The third-order valence-corrected chi connectivity index (χ3v) is 2.62. The van der Waals surface area contributed by atoms with E-state index >= 15 is 0 Å². The molecule has 20 heavy (non-hydrogen) atoms. The van der Waals surface area contributed by atoms with E-state index in [1.54, 1.807) is 7.05 Å². The van der Waals surface area contributed by atoms with Crippen LogP contribution in [0.5, 0.6) is 0 Å². The minimum atomic E-state index is 1.00. The van der Waals surface area contributed by atoms with Crippen LogP contribution in [0.1, 0.15) is 45.9 Å². The van der Waals surface area contributed by atoms with Gasteiger partial charge in [-0.3, -0.25) is 9.98 Å². The van der Waals surface area contributed by atoms with E-state index in [1.165, 1.54) is 0 Å². The lowest BCUT2D eigenvalue weighted by Crippen LogP contribution is -1.92. The van der Waals surface area contributed by atoms with Crippen molar-refractivity contribution in [2.75, 3.05) is 7.05 Å². The fourth-order valence-electron chi connectivity index (χ4n) is 1.92. The predicted molar refractivity (Wildman–Crippen MR) is 91.6 cm³/mol. The summed E-state index contributed by atoms with van der Waals surface area (Å²) in [7, 11) is 3.83. The van der Waals surface area contributed by atoms with Gasteiger partial charge in [0.2, 0.25) is 0 Å². The topological polar surface area (TPSA) is 30.2 Å². The van der Waals surface area contributed by atoms with Crippen LogP contribution in [0.2, 0.25) is 0 Å². The number of hydrogen-bond donors (Lipinski definition) is 0.